The summed E-state index contributed by atoms with van der Waals surface area (Å²) in [4.78, 5) is 8.37. The Morgan fingerprint density at radius 3 is 2.46 bits per heavy atom. The van der Waals surface area contributed by atoms with E-state index in [1.807, 2.05) is 26.8 Å². The maximum Gasteiger partial charge on any atom is 0.272 e. The maximum absolute atomic E-state index is 14.2. The molecule has 0 atom stereocenters. The Bertz CT molecular complexity index is 838. The molecule has 28 heavy (non-hydrogen) atoms. The number of hydrogen-bond donors (Lipinski definition) is 1. The van der Waals surface area contributed by atoms with E-state index in [1.54, 1.807) is 37.6 Å². The van der Waals surface area contributed by atoms with Crippen molar-refractivity contribution in [3.8, 4) is 0 Å². The van der Waals surface area contributed by atoms with E-state index in [-0.39, 0.29) is 11.3 Å². The fourth-order valence-electron chi connectivity index (χ4n) is 2.33. The third-order valence-electron chi connectivity index (χ3n) is 4.10. The van der Waals surface area contributed by atoms with E-state index in [1.165, 1.54) is 6.07 Å². The summed E-state index contributed by atoms with van der Waals surface area (Å²) in [5.74, 6) is -3.03. The van der Waals surface area contributed by atoms with Crippen molar-refractivity contribution in [1.29, 1.82) is 0 Å². The Kier molecular flexibility index (Phi) is 8.71. The molecule has 5 heteroatoms. The lowest BCUT2D eigenvalue weighted by molar-refractivity contribution is 0.0168. The molecule has 0 aliphatic heterocycles. The van der Waals surface area contributed by atoms with Crippen LogP contribution in [0.15, 0.2) is 65.9 Å². The number of allylic oxidation sites excluding steroid dienone is 7. The fraction of sp³-hybridized carbons (Fsp3) is 0.304. The van der Waals surface area contributed by atoms with Crippen LogP contribution in [-0.2, 0) is 5.92 Å². The van der Waals surface area contributed by atoms with Gasteiger partial charge >= 0.3 is 0 Å². The number of halogens is 2. The standard InChI is InChI=1S/C23H29F2N3/c1-8-16(3)10-11-19(9-2)22-20(23(6,24)25)12-13-21(28-22)18(5)27-17(4)14-15-26-7/h9-15,27H,2,5,8H2,1,3-4,6-7H3/b16-10+,17-14+,19-11+,26-15?. The second-order valence-electron chi connectivity index (χ2n) is 6.53. The van der Waals surface area contributed by atoms with E-state index in [4.69, 9.17) is 0 Å². The SMILES string of the molecule is C=C/C(=C\C=C(/C)CC)c1nc(C(=C)N/C(C)=C/C=NC)ccc1C(C)(F)F. The van der Waals surface area contributed by atoms with Crippen molar-refractivity contribution in [3.63, 3.8) is 0 Å². The summed E-state index contributed by atoms with van der Waals surface area (Å²) in [5.41, 5.74) is 3.50. The topological polar surface area (TPSA) is 37.3 Å². The van der Waals surface area contributed by atoms with Gasteiger partial charge in [-0.2, -0.15) is 0 Å². The van der Waals surface area contributed by atoms with Crippen LogP contribution >= 0.6 is 0 Å². The average molecular weight is 386 g/mol. The number of nitrogens with one attached hydrogen (secondary N) is 1. The number of rotatable bonds is 9. The molecule has 0 aromatic carbocycles. The second-order valence-corrected chi connectivity index (χ2v) is 6.53. The number of alkyl halides is 2. The van der Waals surface area contributed by atoms with Gasteiger partial charge in [0.05, 0.1) is 17.1 Å². The van der Waals surface area contributed by atoms with Crippen LogP contribution in [0.1, 0.15) is 51.1 Å². The van der Waals surface area contributed by atoms with E-state index in [2.05, 4.69) is 28.5 Å². The lowest BCUT2D eigenvalue weighted by atomic mass is 10.00. The number of aliphatic imine (C=N–C) groups is 1. The molecule has 0 spiro atoms. The molecule has 1 aromatic rings. The van der Waals surface area contributed by atoms with Crippen LogP contribution in [0, 0.1) is 0 Å². The van der Waals surface area contributed by atoms with Gasteiger partial charge in [0.15, 0.2) is 0 Å². The van der Waals surface area contributed by atoms with E-state index in [0.29, 0.717) is 17.0 Å². The lowest BCUT2D eigenvalue weighted by Crippen LogP contribution is -2.15. The lowest BCUT2D eigenvalue weighted by Gasteiger charge is -2.18. The minimum atomic E-state index is -3.03. The first-order valence-electron chi connectivity index (χ1n) is 9.09. The number of pyridine rings is 1. The average Bonchev–Trinajstić information content (AvgIpc) is 2.65. The zero-order chi connectivity index (χ0) is 21.3. The van der Waals surface area contributed by atoms with Gasteiger partial charge in [-0.05, 0) is 38.5 Å². The third-order valence-corrected chi connectivity index (χ3v) is 4.10. The fourth-order valence-corrected chi connectivity index (χ4v) is 2.33. The van der Waals surface area contributed by atoms with Crippen molar-refractivity contribution in [2.45, 2.75) is 40.0 Å². The Morgan fingerprint density at radius 1 is 1.25 bits per heavy atom. The summed E-state index contributed by atoms with van der Waals surface area (Å²) in [7, 11) is 1.67. The van der Waals surface area contributed by atoms with Gasteiger partial charge in [0.25, 0.3) is 5.92 Å². The molecular weight excluding hydrogens is 356 g/mol. The van der Waals surface area contributed by atoms with Gasteiger partial charge in [-0.1, -0.05) is 43.9 Å². The molecular formula is C23H29F2N3. The van der Waals surface area contributed by atoms with Gasteiger partial charge < -0.3 is 5.32 Å². The first kappa shape index (κ1) is 23.2. The molecule has 0 aliphatic rings. The zero-order valence-electron chi connectivity index (χ0n) is 17.3. The second kappa shape index (κ2) is 10.5. The minimum Gasteiger partial charge on any atom is -0.358 e. The molecule has 1 aromatic heterocycles. The van der Waals surface area contributed by atoms with Crippen molar-refractivity contribution in [2.24, 2.45) is 4.99 Å². The van der Waals surface area contributed by atoms with E-state index >= 15 is 0 Å². The zero-order valence-corrected chi connectivity index (χ0v) is 17.3. The van der Waals surface area contributed by atoms with Crippen molar-refractivity contribution in [1.82, 2.24) is 10.3 Å². The highest BCUT2D eigenvalue weighted by atomic mass is 19.3. The Labute approximate surface area is 167 Å². The summed E-state index contributed by atoms with van der Waals surface area (Å²) in [6.45, 7) is 14.5. The summed E-state index contributed by atoms with van der Waals surface area (Å²) in [6, 6.07) is 2.94. The summed E-state index contributed by atoms with van der Waals surface area (Å²) < 4.78 is 28.4. The third kappa shape index (κ3) is 6.72. The summed E-state index contributed by atoms with van der Waals surface area (Å²) in [5, 5.41) is 3.10. The number of aromatic nitrogens is 1. The van der Waals surface area contributed by atoms with Crippen LogP contribution in [0.5, 0.6) is 0 Å². The first-order valence-corrected chi connectivity index (χ1v) is 9.09. The molecule has 1 N–H and O–H groups in total. The molecule has 0 bridgehead atoms. The number of nitrogens with zero attached hydrogens (tertiary/aromatic N) is 2. The van der Waals surface area contributed by atoms with Crippen LogP contribution in [-0.4, -0.2) is 18.2 Å². The highest BCUT2D eigenvalue weighted by molar-refractivity contribution is 5.77. The normalized spacial score (nSPS) is 13.8. The Hall–Kier alpha value is -2.82. The predicted molar refractivity (Wildman–Crippen MR) is 116 cm³/mol. The van der Waals surface area contributed by atoms with Crippen molar-refractivity contribution in [2.75, 3.05) is 7.05 Å². The quantitative estimate of drug-likeness (QED) is 0.401. The van der Waals surface area contributed by atoms with Crippen LogP contribution < -0.4 is 5.32 Å². The van der Waals surface area contributed by atoms with Gasteiger partial charge in [0.2, 0.25) is 0 Å². The van der Waals surface area contributed by atoms with E-state index in [0.717, 1.165) is 24.6 Å². The molecule has 0 aliphatic carbocycles. The maximum atomic E-state index is 14.2. The molecule has 1 heterocycles. The van der Waals surface area contributed by atoms with Gasteiger partial charge in [-0.25, -0.2) is 13.8 Å². The monoisotopic (exact) mass is 385 g/mol. The Balaban J connectivity index is 3.45. The first-order chi connectivity index (χ1) is 13.1. The van der Waals surface area contributed by atoms with Crippen LogP contribution in [0.4, 0.5) is 8.78 Å². The smallest absolute Gasteiger partial charge is 0.272 e. The van der Waals surface area contributed by atoms with E-state index in [9.17, 15) is 8.78 Å². The summed E-state index contributed by atoms with van der Waals surface area (Å²) in [6.07, 6.45) is 9.52. The van der Waals surface area contributed by atoms with Gasteiger partial charge in [-0.3, -0.25) is 4.99 Å². The van der Waals surface area contributed by atoms with Crippen molar-refractivity contribution < 1.29 is 8.78 Å². The highest BCUT2D eigenvalue weighted by Gasteiger charge is 2.29. The Morgan fingerprint density at radius 2 is 1.93 bits per heavy atom. The minimum absolute atomic E-state index is 0.150. The predicted octanol–water partition coefficient (Wildman–Crippen LogP) is 6.28. The molecule has 0 fully saturated rings. The van der Waals surface area contributed by atoms with Crippen molar-refractivity contribution in [3.05, 3.63) is 77.8 Å². The summed E-state index contributed by atoms with van der Waals surface area (Å²) >= 11 is 0. The molecule has 1 rings (SSSR count). The van der Waals surface area contributed by atoms with Crippen LogP contribution in [0.25, 0.3) is 11.3 Å². The largest absolute Gasteiger partial charge is 0.358 e. The molecule has 0 unspecified atom stereocenters. The molecule has 0 radical (unpaired) electrons. The van der Waals surface area contributed by atoms with Gasteiger partial charge in [0, 0.05) is 37.0 Å². The molecule has 0 saturated heterocycles. The van der Waals surface area contributed by atoms with Crippen LogP contribution in [0.3, 0.4) is 0 Å². The number of hydrogen-bond acceptors (Lipinski definition) is 3. The van der Waals surface area contributed by atoms with E-state index < -0.39 is 5.92 Å². The molecule has 150 valence electrons. The molecule has 0 saturated carbocycles. The van der Waals surface area contributed by atoms with Crippen molar-refractivity contribution >= 4 is 17.5 Å². The van der Waals surface area contributed by atoms with Crippen LogP contribution in [0.2, 0.25) is 0 Å². The molecule has 0 amide bonds. The molecule has 3 nitrogen and oxygen atoms in total. The van der Waals surface area contributed by atoms with Gasteiger partial charge in [0.1, 0.15) is 0 Å². The van der Waals surface area contributed by atoms with Gasteiger partial charge in [-0.15, -0.1) is 0 Å². The highest BCUT2D eigenvalue weighted by Crippen LogP contribution is 2.33.